The van der Waals surface area contributed by atoms with Crippen LogP contribution in [0.4, 0.5) is 0 Å². The van der Waals surface area contributed by atoms with Crippen molar-refractivity contribution in [2.24, 2.45) is 0 Å². The van der Waals surface area contributed by atoms with Gasteiger partial charge in [0.05, 0.1) is 0 Å². The predicted octanol–water partition coefficient (Wildman–Crippen LogP) is 2.41. The number of hydrogen-bond acceptors (Lipinski definition) is 3. The molecule has 0 aromatic carbocycles. The van der Waals surface area contributed by atoms with Crippen molar-refractivity contribution in [2.45, 2.75) is 0 Å². The van der Waals surface area contributed by atoms with Gasteiger partial charge in [-0.2, -0.15) is 4.73 Å². The van der Waals surface area contributed by atoms with Crippen LogP contribution in [-0.4, -0.2) is 5.78 Å². The largest absolute Gasteiger partial charge is 0.618 e. The van der Waals surface area contributed by atoms with E-state index < -0.39 is 0 Å². The molecule has 2 aromatic rings. The standard InChI is InChI=1S/C12H8INO3/c13-12-7-5-9(17-12)4-6-11(15)10-3-1-2-8-14(10)16/h1-8H/b6-4-. The van der Waals surface area contributed by atoms with Crippen molar-refractivity contribution >= 4 is 34.5 Å². The third kappa shape index (κ3) is 2.94. The Morgan fingerprint density at radius 2 is 2.18 bits per heavy atom. The Morgan fingerprint density at radius 1 is 1.35 bits per heavy atom. The van der Waals surface area contributed by atoms with Crippen molar-refractivity contribution in [1.82, 2.24) is 0 Å². The van der Waals surface area contributed by atoms with Crippen molar-refractivity contribution in [3.05, 3.63) is 63.0 Å². The van der Waals surface area contributed by atoms with Gasteiger partial charge in [-0.15, -0.1) is 0 Å². The van der Waals surface area contributed by atoms with Gasteiger partial charge < -0.3 is 9.62 Å². The molecule has 0 N–H and O–H groups in total. The minimum atomic E-state index is -0.355. The molecule has 4 nitrogen and oxygen atoms in total. The van der Waals surface area contributed by atoms with E-state index in [0.717, 1.165) is 3.77 Å². The summed E-state index contributed by atoms with van der Waals surface area (Å²) in [5.41, 5.74) is 0.0880. The zero-order valence-corrected chi connectivity index (χ0v) is 10.8. The van der Waals surface area contributed by atoms with Crippen LogP contribution in [0.3, 0.4) is 0 Å². The number of pyridine rings is 1. The molecule has 0 aliphatic heterocycles. The van der Waals surface area contributed by atoms with Gasteiger partial charge in [-0.1, -0.05) is 0 Å². The first-order valence-corrected chi connectivity index (χ1v) is 5.90. The van der Waals surface area contributed by atoms with Gasteiger partial charge in [-0.25, -0.2) is 0 Å². The SMILES string of the molecule is O=C(/C=C\c1ccc(I)o1)c1cccc[n+]1[O-]. The van der Waals surface area contributed by atoms with Crippen LogP contribution >= 0.6 is 22.6 Å². The highest BCUT2D eigenvalue weighted by molar-refractivity contribution is 14.1. The van der Waals surface area contributed by atoms with Crippen molar-refractivity contribution in [3.8, 4) is 0 Å². The molecule has 0 saturated carbocycles. The third-order valence-electron chi connectivity index (χ3n) is 2.07. The van der Waals surface area contributed by atoms with E-state index in [2.05, 4.69) is 0 Å². The predicted molar refractivity (Wildman–Crippen MR) is 70.2 cm³/mol. The molecular weight excluding hydrogens is 333 g/mol. The topological polar surface area (TPSA) is 57.2 Å². The fourth-order valence-corrected chi connectivity index (χ4v) is 1.71. The molecule has 0 atom stereocenters. The number of furan rings is 1. The molecule has 0 aliphatic carbocycles. The second-order valence-electron chi connectivity index (χ2n) is 3.25. The second kappa shape index (κ2) is 5.13. The summed E-state index contributed by atoms with van der Waals surface area (Å²) in [4.78, 5) is 11.7. The summed E-state index contributed by atoms with van der Waals surface area (Å²) < 4.78 is 6.55. The lowest BCUT2D eigenvalue weighted by molar-refractivity contribution is -0.607. The number of carbonyl (C=O) groups excluding carboxylic acids is 1. The first-order chi connectivity index (χ1) is 8.16. The van der Waals surface area contributed by atoms with Crippen LogP contribution in [0.5, 0.6) is 0 Å². The molecule has 2 heterocycles. The molecule has 17 heavy (non-hydrogen) atoms. The van der Waals surface area contributed by atoms with E-state index in [1.807, 2.05) is 22.6 Å². The Morgan fingerprint density at radius 3 is 2.82 bits per heavy atom. The van der Waals surface area contributed by atoms with Crippen LogP contribution in [0, 0.1) is 8.97 Å². The molecule has 2 aromatic heterocycles. The number of carbonyl (C=O) groups is 1. The summed E-state index contributed by atoms with van der Waals surface area (Å²) in [5, 5.41) is 11.3. The van der Waals surface area contributed by atoms with Crippen LogP contribution in [0.2, 0.25) is 0 Å². The van der Waals surface area contributed by atoms with Crippen molar-refractivity contribution in [3.63, 3.8) is 0 Å². The van der Waals surface area contributed by atoms with E-state index in [9.17, 15) is 10.0 Å². The van der Waals surface area contributed by atoms with E-state index in [1.165, 1.54) is 24.4 Å². The molecule has 0 amide bonds. The lowest BCUT2D eigenvalue weighted by atomic mass is 10.2. The van der Waals surface area contributed by atoms with Gasteiger partial charge in [0, 0.05) is 12.1 Å². The van der Waals surface area contributed by atoms with Crippen molar-refractivity contribution in [2.75, 3.05) is 0 Å². The normalized spacial score (nSPS) is 10.9. The van der Waals surface area contributed by atoms with Crippen LogP contribution in [0.1, 0.15) is 16.2 Å². The molecule has 0 saturated heterocycles. The van der Waals surface area contributed by atoms with Gasteiger partial charge in [0.1, 0.15) is 5.76 Å². The highest BCUT2D eigenvalue weighted by Gasteiger charge is 2.11. The summed E-state index contributed by atoms with van der Waals surface area (Å²) in [6.07, 6.45) is 4.15. The molecule has 2 rings (SSSR count). The van der Waals surface area contributed by atoms with Crippen molar-refractivity contribution < 1.29 is 13.9 Å². The number of aromatic nitrogens is 1. The van der Waals surface area contributed by atoms with E-state index >= 15 is 0 Å². The summed E-state index contributed by atoms with van der Waals surface area (Å²) in [6, 6.07) is 8.24. The molecule has 86 valence electrons. The number of ketones is 1. The quantitative estimate of drug-likeness (QED) is 0.283. The zero-order chi connectivity index (χ0) is 12.3. The Labute approximate surface area is 111 Å². The highest BCUT2D eigenvalue weighted by Crippen LogP contribution is 2.11. The molecule has 0 bridgehead atoms. The summed E-state index contributed by atoms with van der Waals surface area (Å²) in [7, 11) is 0. The van der Waals surface area contributed by atoms with Crippen LogP contribution in [-0.2, 0) is 0 Å². The van der Waals surface area contributed by atoms with Crippen molar-refractivity contribution in [1.29, 1.82) is 0 Å². The average molecular weight is 341 g/mol. The van der Waals surface area contributed by atoms with Crippen LogP contribution < -0.4 is 4.73 Å². The monoisotopic (exact) mass is 341 g/mol. The lowest BCUT2D eigenvalue weighted by Crippen LogP contribution is -2.33. The lowest BCUT2D eigenvalue weighted by Gasteiger charge is -1.98. The summed E-state index contributed by atoms with van der Waals surface area (Å²) in [6.45, 7) is 0. The van der Waals surface area contributed by atoms with Gasteiger partial charge in [0.2, 0.25) is 0 Å². The Kier molecular flexibility index (Phi) is 3.58. The van der Waals surface area contributed by atoms with Gasteiger partial charge in [-0.05, 0) is 52.9 Å². The maximum atomic E-state index is 11.7. The maximum Gasteiger partial charge on any atom is 0.264 e. The number of allylic oxidation sites excluding steroid dienone is 1. The molecular formula is C12H8INO3. The number of hydrogen-bond donors (Lipinski definition) is 0. The summed E-state index contributed by atoms with van der Waals surface area (Å²) >= 11 is 2.03. The Hall–Kier alpha value is -1.63. The van der Waals surface area contributed by atoms with E-state index in [4.69, 9.17) is 4.42 Å². The smallest absolute Gasteiger partial charge is 0.264 e. The second-order valence-corrected chi connectivity index (χ2v) is 4.31. The van der Waals surface area contributed by atoms with E-state index in [1.54, 1.807) is 24.3 Å². The fraction of sp³-hybridized carbons (Fsp3) is 0. The average Bonchev–Trinajstić information content (AvgIpc) is 2.73. The molecule has 0 spiro atoms. The van der Waals surface area contributed by atoms with E-state index in [-0.39, 0.29) is 11.5 Å². The van der Waals surface area contributed by atoms with Gasteiger partial charge in [0.15, 0.2) is 9.96 Å². The first-order valence-electron chi connectivity index (χ1n) is 4.83. The highest BCUT2D eigenvalue weighted by atomic mass is 127. The first kappa shape index (κ1) is 11.8. The number of nitrogens with zero attached hydrogens (tertiary/aromatic N) is 1. The van der Waals surface area contributed by atoms with E-state index in [0.29, 0.717) is 10.5 Å². The zero-order valence-electron chi connectivity index (χ0n) is 8.67. The summed E-state index contributed by atoms with van der Waals surface area (Å²) in [5.74, 6) is 0.225. The van der Waals surface area contributed by atoms with Gasteiger partial charge in [-0.3, -0.25) is 4.79 Å². The maximum absolute atomic E-state index is 11.7. The third-order valence-corrected chi connectivity index (χ3v) is 2.65. The molecule has 5 heteroatoms. The fourth-order valence-electron chi connectivity index (χ4n) is 1.28. The molecule has 0 aliphatic rings. The number of rotatable bonds is 3. The van der Waals surface area contributed by atoms with Gasteiger partial charge >= 0.3 is 0 Å². The molecule has 0 fully saturated rings. The Bertz CT molecular complexity index is 575. The Balaban J connectivity index is 2.17. The molecule has 0 unspecified atom stereocenters. The van der Waals surface area contributed by atoms with Gasteiger partial charge in [0.25, 0.3) is 11.5 Å². The van der Waals surface area contributed by atoms with Crippen LogP contribution in [0.25, 0.3) is 6.08 Å². The minimum absolute atomic E-state index is 0.0880. The minimum Gasteiger partial charge on any atom is -0.618 e. The van der Waals surface area contributed by atoms with Crippen LogP contribution in [0.15, 0.2) is 47.0 Å². The number of halogens is 1. The molecule has 0 radical (unpaired) electrons.